The fourth-order valence-electron chi connectivity index (χ4n) is 1.62. The number of nitrogens with two attached hydrogens (primary N) is 1. The number of amides is 1. The molecular weight excluding hydrogens is 339 g/mol. The van der Waals surface area contributed by atoms with E-state index in [4.69, 9.17) is 33.8 Å². The second-order valence-corrected chi connectivity index (χ2v) is 6.59. The fourth-order valence-corrected chi connectivity index (χ4v) is 1.92. The van der Waals surface area contributed by atoms with Crippen molar-refractivity contribution in [3.8, 4) is 17.1 Å². The monoisotopic (exact) mass is 354 g/mol. The maximum atomic E-state index is 12.0. The second-order valence-electron chi connectivity index (χ2n) is 5.78. The Morgan fingerprint density at radius 1 is 1.17 bits per heavy atom. The normalized spacial score (nSPS) is 11.2. The van der Waals surface area contributed by atoms with E-state index in [1.807, 2.05) is 0 Å². The van der Waals surface area contributed by atoms with Crippen LogP contribution in [-0.4, -0.2) is 26.6 Å². The first kappa shape index (κ1) is 17.5. The van der Waals surface area contributed by atoms with E-state index in [1.54, 1.807) is 39.0 Å². The van der Waals surface area contributed by atoms with Crippen LogP contribution >= 0.6 is 23.2 Å². The molecule has 2 N–H and O–H groups in total. The molecule has 1 heterocycles. The first-order valence-electron chi connectivity index (χ1n) is 6.72. The van der Waals surface area contributed by atoms with Crippen LogP contribution in [-0.2, 0) is 0 Å². The summed E-state index contributed by atoms with van der Waals surface area (Å²) in [4.78, 5) is 20.0. The number of aromatic nitrogens is 2. The second kappa shape index (κ2) is 6.70. The SMILES string of the molecule is CC(C)(C)N(N)C(=O)Oc1cc(-c2ccc(Cl)c(Cl)c2)ncn1. The molecule has 0 saturated carbocycles. The molecule has 0 saturated heterocycles. The minimum absolute atomic E-state index is 0.0887. The Labute approximate surface area is 144 Å². The maximum absolute atomic E-state index is 12.0. The molecule has 0 unspecified atom stereocenters. The zero-order valence-electron chi connectivity index (χ0n) is 12.9. The number of ether oxygens (including phenoxy) is 1. The van der Waals surface area contributed by atoms with Gasteiger partial charge in [-0.05, 0) is 32.9 Å². The van der Waals surface area contributed by atoms with Gasteiger partial charge in [0.25, 0.3) is 0 Å². The molecule has 0 bridgehead atoms. The molecule has 0 aliphatic heterocycles. The zero-order valence-corrected chi connectivity index (χ0v) is 14.4. The highest BCUT2D eigenvalue weighted by atomic mass is 35.5. The Morgan fingerprint density at radius 2 is 1.87 bits per heavy atom. The lowest BCUT2D eigenvalue weighted by atomic mass is 10.1. The summed E-state index contributed by atoms with van der Waals surface area (Å²) in [6, 6.07) is 6.61. The van der Waals surface area contributed by atoms with E-state index in [0.29, 0.717) is 15.7 Å². The van der Waals surface area contributed by atoms with Gasteiger partial charge in [0, 0.05) is 11.6 Å². The van der Waals surface area contributed by atoms with E-state index in [2.05, 4.69) is 9.97 Å². The molecule has 1 aromatic heterocycles. The van der Waals surface area contributed by atoms with Gasteiger partial charge in [-0.15, -0.1) is 0 Å². The van der Waals surface area contributed by atoms with E-state index in [-0.39, 0.29) is 5.88 Å². The minimum atomic E-state index is -0.712. The Morgan fingerprint density at radius 3 is 2.48 bits per heavy atom. The zero-order chi connectivity index (χ0) is 17.2. The van der Waals surface area contributed by atoms with E-state index in [1.165, 1.54) is 12.4 Å². The van der Waals surface area contributed by atoms with Gasteiger partial charge in [0.2, 0.25) is 5.88 Å². The van der Waals surface area contributed by atoms with Crippen molar-refractivity contribution < 1.29 is 9.53 Å². The lowest BCUT2D eigenvalue weighted by molar-refractivity contribution is 0.106. The van der Waals surface area contributed by atoms with E-state index >= 15 is 0 Å². The van der Waals surface area contributed by atoms with Crippen molar-refractivity contribution in [2.75, 3.05) is 0 Å². The molecule has 0 aliphatic rings. The van der Waals surface area contributed by atoms with Crippen molar-refractivity contribution >= 4 is 29.3 Å². The highest BCUT2D eigenvalue weighted by Gasteiger charge is 2.25. The van der Waals surface area contributed by atoms with Crippen LogP contribution in [0.5, 0.6) is 5.88 Å². The number of hydrazine groups is 1. The van der Waals surface area contributed by atoms with Gasteiger partial charge in [-0.3, -0.25) is 0 Å². The van der Waals surface area contributed by atoms with Crippen LogP contribution < -0.4 is 10.6 Å². The van der Waals surface area contributed by atoms with Crippen LogP contribution in [0.2, 0.25) is 10.0 Å². The molecule has 0 fully saturated rings. The van der Waals surface area contributed by atoms with Crippen LogP contribution in [0.1, 0.15) is 20.8 Å². The summed E-state index contributed by atoms with van der Waals surface area (Å²) < 4.78 is 5.17. The Bertz CT molecular complexity index is 732. The molecule has 1 amide bonds. The largest absolute Gasteiger partial charge is 0.431 e. The maximum Gasteiger partial charge on any atom is 0.431 e. The van der Waals surface area contributed by atoms with Gasteiger partial charge in [-0.2, -0.15) is 0 Å². The number of hydrogen-bond acceptors (Lipinski definition) is 5. The van der Waals surface area contributed by atoms with Crippen molar-refractivity contribution in [2.45, 2.75) is 26.3 Å². The molecular formula is C15H16Cl2N4O2. The molecule has 0 spiro atoms. The van der Waals surface area contributed by atoms with Gasteiger partial charge < -0.3 is 4.74 Å². The van der Waals surface area contributed by atoms with Gasteiger partial charge in [0.05, 0.1) is 21.3 Å². The summed E-state index contributed by atoms with van der Waals surface area (Å²) in [5.41, 5.74) is 0.691. The van der Waals surface area contributed by atoms with Crippen LogP contribution in [0.15, 0.2) is 30.6 Å². The molecule has 23 heavy (non-hydrogen) atoms. The highest BCUT2D eigenvalue weighted by molar-refractivity contribution is 6.42. The summed E-state index contributed by atoms with van der Waals surface area (Å²) in [5, 5.41) is 1.84. The Kier molecular flexibility index (Phi) is 5.09. The third-order valence-corrected chi connectivity index (χ3v) is 3.71. The van der Waals surface area contributed by atoms with Crippen LogP contribution in [0.4, 0.5) is 4.79 Å². The first-order valence-corrected chi connectivity index (χ1v) is 7.48. The number of halogens is 2. The lowest BCUT2D eigenvalue weighted by Crippen LogP contribution is -2.51. The number of nitrogens with zero attached hydrogens (tertiary/aromatic N) is 3. The van der Waals surface area contributed by atoms with Crippen molar-refractivity contribution in [1.29, 1.82) is 0 Å². The third-order valence-electron chi connectivity index (χ3n) is 2.97. The summed E-state index contributed by atoms with van der Waals surface area (Å²) in [7, 11) is 0. The van der Waals surface area contributed by atoms with Gasteiger partial charge in [0.15, 0.2) is 0 Å². The number of benzene rings is 1. The average molecular weight is 355 g/mol. The molecule has 0 radical (unpaired) electrons. The Balaban J connectivity index is 2.23. The number of hydrogen-bond donors (Lipinski definition) is 1. The molecule has 2 rings (SSSR count). The molecule has 0 atom stereocenters. The van der Waals surface area contributed by atoms with Crippen molar-refractivity contribution in [3.05, 3.63) is 40.6 Å². The number of rotatable bonds is 2. The summed E-state index contributed by atoms with van der Waals surface area (Å²) in [6.45, 7) is 5.36. The summed E-state index contributed by atoms with van der Waals surface area (Å²) in [5.74, 6) is 5.80. The van der Waals surface area contributed by atoms with Crippen LogP contribution in [0, 0.1) is 0 Å². The summed E-state index contributed by atoms with van der Waals surface area (Å²) in [6.07, 6.45) is 0.578. The first-order chi connectivity index (χ1) is 10.7. The topological polar surface area (TPSA) is 81.3 Å². The summed E-state index contributed by atoms with van der Waals surface area (Å²) >= 11 is 11.9. The van der Waals surface area contributed by atoms with E-state index in [0.717, 1.165) is 10.6 Å². The smallest absolute Gasteiger partial charge is 0.390 e. The van der Waals surface area contributed by atoms with Crippen molar-refractivity contribution in [1.82, 2.24) is 15.0 Å². The number of carbonyl (C=O) groups is 1. The molecule has 122 valence electrons. The third kappa shape index (κ3) is 4.31. The molecule has 2 aromatic rings. The van der Waals surface area contributed by atoms with Crippen LogP contribution in [0.25, 0.3) is 11.3 Å². The standard InChI is InChI=1S/C15H16Cl2N4O2/c1-15(2,3)21(18)14(22)23-13-7-12(19-8-20-13)9-4-5-10(16)11(17)6-9/h4-8H,18H2,1-3H3. The van der Waals surface area contributed by atoms with Crippen molar-refractivity contribution in [3.63, 3.8) is 0 Å². The Hall–Kier alpha value is -1.89. The minimum Gasteiger partial charge on any atom is -0.390 e. The van der Waals surface area contributed by atoms with E-state index < -0.39 is 11.6 Å². The lowest BCUT2D eigenvalue weighted by Gasteiger charge is -2.29. The van der Waals surface area contributed by atoms with Crippen LogP contribution in [0.3, 0.4) is 0 Å². The van der Waals surface area contributed by atoms with Gasteiger partial charge >= 0.3 is 6.09 Å². The highest BCUT2D eigenvalue weighted by Crippen LogP contribution is 2.28. The van der Waals surface area contributed by atoms with E-state index in [9.17, 15) is 4.79 Å². The predicted molar refractivity (Wildman–Crippen MR) is 89.3 cm³/mol. The molecule has 0 aliphatic carbocycles. The quantitative estimate of drug-likeness (QED) is 0.502. The van der Waals surface area contributed by atoms with Crippen molar-refractivity contribution in [2.24, 2.45) is 5.84 Å². The van der Waals surface area contributed by atoms with Gasteiger partial charge in [-0.25, -0.2) is 25.6 Å². The fraction of sp³-hybridized carbons (Fsp3) is 0.267. The predicted octanol–water partition coefficient (Wildman–Crippen LogP) is 3.92. The van der Waals surface area contributed by atoms with Gasteiger partial charge in [0.1, 0.15) is 6.33 Å². The van der Waals surface area contributed by atoms with Gasteiger partial charge in [-0.1, -0.05) is 29.3 Å². The average Bonchev–Trinajstić information content (AvgIpc) is 2.48. The number of carbonyl (C=O) groups excluding carboxylic acids is 1. The molecule has 8 heteroatoms. The molecule has 6 nitrogen and oxygen atoms in total. The molecule has 1 aromatic carbocycles.